The third-order valence-corrected chi connectivity index (χ3v) is 4.57. The maximum Gasteiger partial charge on any atom is 0.222 e. The van der Waals surface area contributed by atoms with Crippen molar-refractivity contribution in [2.75, 3.05) is 18.6 Å². The first-order chi connectivity index (χ1) is 12.2. The van der Waals surface area contributed by atoms with E-state index in [1.165, 1.54) is 6.20 Å². The molecule has 1 aromatic carbocycles. The smallest absolute Gasteiger partial charge is 0.222 e. The van der Waals surface area contributed by atoms with Crippen molar-refractivity contribution >= 4 is 42.4 Å². The summed E-state index contributed by atoms with van der Waals surface area (Å²) >= 11 is 2.16. The van der Waals surface area contributed by atoms with Crippen LogP contribution >= 0.6 is 22.6 Å². The number of terminal acetylenes is 1. The Bertz CT molecular complexity index is 867. The van der Waals surface area contributed by atoms with Gasteiger partial charge in [0.1, 0.15) is 19.6 Å². The summed E-state index contributed by atoms with van der Waals surface area (Å²) in [5.41, 5.74) is 15.4. The van der Waals surface area contributed by atoms with E-state index < -0.39 is 8.07 Å². The Morgan fingerprint density at radius 3 is 2.31 bits per heavy atom. The molecule has 4 N–H and O–H groups in total. The maximum atomic E-state index is 5.84. The minimum absolute atomic E-state index is 0.103. The third-order valence-electron chi connectivity index (χ3n) is 2.85. The average Bonchev–Trinajstić information content (AvgIpc) is 2.58. The van der Waals surface area contributed by atoms with Crippen LogP contribution in [0.1, 0.15) is 5.56 Å². The zero-order valence-corrected chi connectivity index (χ0v) is 18.3. The average molecular weight is 480 g/mol. The Balaban J connectivity index is 0.00000163. The topological polar surface area (TPSA) is 96.3 Å². The van der Waals surface area contributed by atoms with Gasteiger partial charge in [0.15, 0.2) is 11.6 Å². The van der Waals surface area contributed by atoms with Crippen LogP contribution in [0.15, 0.2) is 18.3 Å². The number of benzene rings is 1. The summed E-state index contributed by atoms with van der Waals surface area (Å²) in [6.07, 6.45) is 9.45. The second-order valence-corrected chi connectivity index (χ2v) is 12.0. The summed E-state index contributed by atoms with van der Waals surface area (Å²) in [5, 5.41) is 0. The highest BCUT2D eigenvalue weighted by molar-refractivity contribution is 14.1. The van der Waals surface area contributed by atoms with E-state index in [4.69, 9.17) is 20.9 Å². The number of ether oxygens (including phenoxy) is 2. The number of anilines is 2. The lowest BCUT2D eigenvalue weighted by Gasteiger charge is -2.12. The first-order valence-corrected chi connectivity index (χ1v) is 12.1. The first kappa shape index (κ1) is 21.6. The number of hydrogen-bond acceptors (Lipinski definition) is 6. The minimum atomic E-state index is -1.51. The SMILES string of the molecule is C#C.COc1cc(I)c(Oc2cnc(N)nc2N)cc1C#C[Si](C)(C)C. The summed E-state index contributed by atoms with van der Waals surface area (Å²) in [4.78, 5) is 7.80. The molecular weight excluding hydrogens is 459 g/mol. The summed E-state index contributed by atoms with van der Waals surface area (Å²) in [6, 6.07) is 3.71. The number of nitrogens with zero attached hydrogens (tertiary/aromatic N) is 2. The van der Waals surface area contributed by atoms with Crippen LogP contribution in [0.25, 0.3) is 0 Å². The van der Waals surface area contributed by atoms with Gasteiger partial charge in [0.05, 0.1) is 22.4 Å². The molecule has 0 saturated heterocycles. The van der Waals surface area contributed by atoms with E-state index in [1.807, 2.05) is 12.1 Å². The maximum absolute atomic E-state index is 5.84. The molecule has 0 radical (unpaired) electrons. The number of nitrogen functional groups attached to an aromatic ring is 2. The van der Waals surface area contributed by atoms with Crippen molar-refractivity contribution in [3.63, 3.8) is 0 Å². The van der Waals surface area contributed by atoms with Gasteiger partial charge in [-0.15, -0.1) is 18.4 Å². The summed E-state index contributed by atoms with van der Waals surface area (Å²) in [7, 11) is 0.113. The second-order valence-electron chi connectivity index (χ2n) is 6.06. The predicted molar refractivity (Wildman–Crippen MR) is 117 cm³/mol. The number of rotatable bonds is 3. The second kappa shape index (κ2) is 9.32. The Morgan fingerprint density at radius 2 is 1.77 bits per heavy atom. The van der Waals surface area contributed by atoms with Crippen molar-refractivity contribution in [1.29, 1.82) is 0 Å². The molecule has 2 rings (SSSR count). The third kappa shape index (κ3) is 6.13. The van der Waals surface area contributed by atoms with Gasteiger partial charge in [-0.05, 0) is 28.7 Å². The van der Waals surface area contributed by atoms with Gasteiger partial charge in [-0.2, -0.15) is 4.98 Å². The molecule has 1 aromatic heterocycles. The van der Waals surface area contributed by atoms with Crippen molar-refractivity contribution in [3.05, 3.63) is 27.5 Å². The Kier molecular flexibility index (Phi) is 7.74. The van der Waals surface area contributed by atoms with Gasteiger partial charge < -0.3 is 20.9 Å². The number of halogens is 1. The Hall–Kier alpha value is -2.43. The molecule has 6 nitrogen and oxygen atoms in total. The van der Waals surface area contributed by atoms with E-state index in [2.05, 4.69) is 76.5 Å². The highest BCUT2D eigenvalue weighted by Gasteiger charge is 2.13. The molecule has 0 saturated carbocycles. The van der Waals surface area contributed by atoms with Crippen LogP contribution in [0, 0.1) is 27.9 Å². The summed E-state index contributed by atoms with van der Waals surface area (Å²) in [5.74, 6) is 5.15. The molecule has 0 fully saturated rings. The summed E-state index contributed by atoms with van der Waals surface area (Å²) < 4.78 is 12.1. The van der Waals surface area contributed by atoms with Crippen molar-refractivity contribution in [1.82, 2.24) is 9.97 Å². The normalized spacial score (nSPS) is 9.96. The van der Waals surface area contributed by atoms with Crippen LogP contribution in [0.5, 0.6) is 17.2 Å². The lowest BCUT2D eigenvalue weighted by molar-refractivity contribution is 0.411. The van der Waals surface area contributed by atoms with E-state index in [1.54, 1.807) is 7.11 Å². The molecule has 0 aliphatic rings. The molecule has 0 unspecified atom stereocenters. The van der Waals surface area contributed by atoms with Crippen LogP contribution in [0.4, 0.5) is 11.8 Å². The molecule has 0 bridgehead atoms. The largest absolute Gasteiger partial charge is 0.495 e. The van der Waals surface area contributed by atoms with Gasteiger partial charge in [0, 0.05) is 6.07 Å². The van der Waals surface area contributed by atoms with Gasteiger partial charge in [-0.3, -0.25) is 0 Å². The minimum Gasteiger partial charge on any atom is -0.495 e. The highest BCUT2D eigenvalue weighted by atomic mass is 127. The van der Waals surface area contributed by atoms with Crippen LogP contribution in [-0.4, -0.2) is 25.2 Å². The van der Waals surface area contributed by atoms with Crippen LogP contribution < -0.4 is 20.9 Å². The van der Waals surface area contributed by atoms with Crippen molar-refractivity contribution in [2.24, 2.45) is 0 Å². The molecule has 136 valence electrons. The lowest BCUT2D eigenvalue weighted by Crippen LogP contribution is -2.16. The molecule has 26 heavy (non-hydrogen) atoms. The number of aromatic nitrogens is 2. The molecule has 2 aromatic rings. The van der Waals surface area contributed by atoms with Crippen LogP contribution in [0.2, 0.25) is 19.6 Å². The van der Waals surface area contributed by atoms with E-state index in [-0.39, 0.29) is 11.8 Å². The van der Waals surface area contributed by atoms with Gasteiger partial charge in [-0.1, -0.05) is 25.6 Å². The monoisotopic (exact) mass is 480 g/mol. The summed E-state index contributed by atoms with van der Waals surface area (Å²) in [6.45, 7) is 6.55. The fourth-order valence-electron chi connectivity index (χ4n) is 1.73. The van der Waals surface area contributed by atoms with Crippen LogP contribution in [-0.2, 0) is 0 Å². The molecule has 0 amide bonds. The van der Waals surface area contributed by atoms with E-state index >= 15 is 0 Å². The van der Waals surface area contributed by atoms with Crippen molar-refractivity contribution in [3.8, 4) is 41.6 Å². The zero-order valence-electron chi connectivity index (χ0n) is 15.1. The molecule has 0 aliphatic carbocycles. The molecular formula is C18H21IN4O2Si. The molecule has 1 heterocycles. The van der Waals surface area contributed by atoms with E-state index in [9.17, 15) is 0 Å². The van der Waals surface area contributed by atoms with E-state index in [0.717, 1.165) is 9.13 Å². The van der Waals surface area contributed by atoms with Gasteiger partial charge >= 0.3 is 0 Å². The quantitative estimate of drug-likeness (QED) is 0.397. The van der Waals surface area contributed by atoms with E-state index in [0.29, 0.717) is 17.2 Å². The first-order valence-electron chi connectivity index (χ1n) is 7.49. The number of nitrogens with two attached hydrogens (primary N) is 2. The Morgan fingerprint density at radius 1 is 1.12 bits per heavy atom. The molecule has 0 atom stereocenters. The standard InChI is InChI=1S/C16H19IN4O2Si.C2H2/c1-22-12-8-11(17)13(7-10(12)5-6-24(2,3)4)23-14-9-20-16(19)21-15(14)18;1-2/h7-9H,1-4H3,(H4,18,19,20,21);1-2H. The Labute approximate surface area is 168 Å². The van der Waals surface area contributed by atoms with Crippen LogP contribution in [0.3, 0.4) is 0 Å². The van der Waals surface area contributed by atoms with Gasteiger partial charge in [-0.25, -0.2) is 4.98 Å². The fourth-order valence-corrected chi connectivity index (χ4v) is 2.79. The number of hydrogen-bond donors (Lipinski definition) is 2. The van der Waals surface area contributed by atoms with Crippen molar-refractivity contribution in [2.45, 2.75) is 19.6 Å². The lowest BCUT2D eigenvalue weighted by atomic mass is 10.2. The molecule has 0 aliphatic heterocycles. The number of methoxy groups -OCH3 is 1. The molecule has 8 heteroatoms. The molecule has 0 spiro atoms. The van der Waals surface area contributed by atoms with Crippen molar-refractivity contribution < 1.29 is 9.47 Å². The fraction of sp³-hybridized carbons (Fsp3) is 0.222. The highest BCUT2D eigenvalue weighted by Crippen LogP contribution is 2.34. The van der Waals surface area contributed by atoms with Gasteiger partial charge in [0.2, 0.25) is 5.95 Å². The predicted octanol–water partition coefficient (Wildman–Crippen LogP) is 3.52. The zero-order chi connectivity index (χ0) is 19.9. The van der Waals surface area contributed by atoms with Gasteiger partial charge in [0.25, 0.3) is 0 Å².